The topological polar surface area (TPSA) is 47.3 Å². The first-order chi connectivity index (χ1) is 7.52. The van der Waals surface area contributed by atoms with Gasteiger partial charge in [-0.05, 0) is 32.2 Å². The van der Waals surface area contributed by atoms with Crippen molar-refractivity contribution in [3.05, 3.63) is 35.1 Å². The average Bonchev–Trinajstić information content (AvgIpc) is 2.20. The van der Waals surface area contributed by atoms with Crippen LogP contribution in [-0.4, -0.2) is 29.7 Å². The molecule has 0 heterocycles. The van der Waals surface area contributed by atoms with E-state index in [9.17, 15) is 9.50 Å². The van der Waals surface area contributed by atoms with Gasteiger partial charge in [0.05, 0.1) is 17.7 Å². The fourth-order valence-electron chi connectivity index (χ4n) is 1.57. The number of rotatable bonds is 4. The Kier molecular flexibility index (Phi) is 4.41. The summed E-state index contributed by atoms with van der Waals surface area (Å²) in [5, 5.41) is 17.9. The summed E-state index contributed by atoms with van der Waals surface area (Å²) in [5.41, 5.74) is 0.920. The third-order valence-electron chi connectivity index (χ3n) is 2.19. The Hall–Kier alpha value is -1.44. The molecule has 0 spiro atoms. The highest BCUT2D eigenvalue weighted by Gasteiger charge is 2.08. The number of nitrogens with zero attached hydrogens (tertiary/aromatic N) is 2. The summed E-state index contributed by atoms with van der Waals surface area (Å²) >= 11 is 0. The molecule has 0 fully saturated rings. The predicted octanol–water partition coefficient (Wildman–Crippen LogP) is 1.51. The Labute approximate surface area is 94.7 Å². The van der Waals surface area contributed by atoms with E-state index >= 15 is 0 Å². The monoisotopic (exact) mass is 222 g/mol. The van der Waals surface area contributed by atoms with Gasteiger partial charge in [0.15, 0.2) is 0 Å². The van der Waals surface area contributed by atoms with Gasteiger partial charge in [0.1, 0.15) is 5.82 Å². The number of halogens is 1. The summed E-state index contributed by atoms with van der Waals surface area (Å²) in [6.07, 6.45) is -0.452. The van der Waals surface area contributed by atoms with Crippen molar-refractivity contribution < 1.29 is 9.50 Å². The summed E-state index contributed by atoms with van der Waals surface area (Å²) in [5.74, 6) is -0.323. The number of benzene rings is 1. The molecule has 1 N–H and O–H groups in total. The first kappa shape index (κ1) is 12.6. The Morgan fingerprint density at radius 3 is 2.81 bits per heavy atom. The van der Waals surface area contributed by atoms with Crippen LogP contribution >= 0.6 is 0 Å². The smallest absolute Gasteiger partial charge is 0.127 e. The molecule has 0 aliphatic carbocycles. The molecule has 0 aliphatic rings. The third kappa shape index (κ3) is 3.61. The van der Waals surface area contributed by atoms with Crippen molar-refractivity contribution in [2.45, 2.75) is 19.6 Å². The van der Waals surface area contributed by atoms with Crippen LogP contribution in [0.5, 0.6) is 0 Å². The maximum atomic E-state index is 13.4. The van der Waals surface area contributed by atoms with Crippen LogP contribution in [0.3, 0.4) is 0 Å². The highest BCUT2D eigenvalue weighted by atomic mass is 19.1. The zero-order chi connectivity index (χ0) is 12.1. The van der Waals surface area contributed by atoms with E-state index < -0.39 is 6.10 Å². The molecule has 1 unspecified atom stereocenters. The molecule has 0 saturated carbocycles. The van der Waals surface area contributed by atoms with Crippen LogP contribution in [0, 0.1) is 17.1 Å². The SMILES string of the molecule is CC(O)CN(C)Cc1cc(C#N)ccc1F. The molecule has 4 heteroatoms. The largest absolute Gasteiger partial charge is 0.392 e. The van der Waals surface area contributed by atoms with Crippen molar-refractivity contribution >= 4 is 0 Å². The zero-order valence-corrected chi connectivity index (χ0v) is 9.44. The van der Waals surface area contributed by atoms with E-state index in [2.05, 4.69) is 0 Å². The van der Waals surface area contributed by atoms with E-state index in [1.165, 1.54) is 18.2 Å². The van der Waals surface area contributed by atoms with E-state index in [4.69, 9.17) is 5.26 Å². The number of nitriles is 1. The van der Waals surface area contributed by atoms with Crippen LogP contribution in [0.4, 0.5) is 4.39 Å². The minimum Gasteiger partial charge on any atom is -0.392 e. The lowest BCUT2D eigenvalue weighted by Crippen LogP contribution is -2.27. The minimum absolute atomic E-state index is 0.323. The van der Waals surface area contributed by atoms with E-state index in [0.717, 1.165) is 0 Å². The van der Waals surface area contributed by atoms with Gasteiger partial charge in [-0.25, -0.2) is 4.39 Å². The van der Waals surface area contributed by atoms with E-state index in [-0.39, 0.29) is 5.82 Å². The zero-order valence-electron chi connectivity index (χ0n) is 9.44. The second-order valence-electron chi connectivity index (χ2n) is 3.96. The first-order valence-corrected chi connectivity index (χ1v) is 5.08. The normalized spacial score (nSPS) is 12.5. The maximum Gasteiger partial charge on any atom is 0.127 e. The summed E-state index contributed by atoms with van der Waals surface area (Å²) in [6.45, 7) is 2.53. The van der Waals surface area contributed by atoms with Gasteiger partial charge in [0.25, 0.3) is 0 Å². The van der Waals surface area contributed by atoms with Crippen LogP contribution < -0.4 is 0 Å². The maximum absolute atomic E-state index is 13.4. The highest BCUT2D eigenvalue weighted by molar-refractivity contribution is 5.33. The molecule has 0 aromatic heterocycles. The van der Waals surface area contributed by atoms with Crippen molar-refractivity contribution in [3.63, 3.8) is 0 Å². The number of hydrogen-bond donors (Lipinski definition) is 1. The van der Waals surface area contributed by atoms with Crippen LogP contribution in [0.1, 0.15) is 18.1 Å². The molecule has 0 aliphatic heterocycles. The molecular formula is C12H15FN2O. The fraction of sp³-hybridized carbons (Fsp3) is 0.417. The van der Waals surface area contributed by atoms with Gasteiger partial charge in [-0.2, -0.15) is 5.26 Å². The van der Waals surface area contributed by atoms with Crippen molar-refractivity contribution in [3.8, 4) is 6.07 Å². The van der Waals surface area contributed by atoms with Gasteiger partial charge in [0, 0.05) is 18.7 Å². The van der Waals surface area contributed by atoms with E-state index in [1.807, 2.05) is 11.0 Å². The van der Waals surface area contributed by atoms with Crippen molar-refractivity contribution in [2.75, 3.05) is 13.6 Å². The molecule has 0 amide bonds. The molecule has 1 aromatic carbocycles. The Morgan fingerprint density at radius 1 is 1.56 bits per heavy atom. The fourth-order valence-corrected chi connectivity index (χ4v) is 1.57. The van der Waals surface area contributed by atoms with Gasteiger partial charge < -0.3 is 5.11 Å². The number of aliphatic hydroxyl groups is 1. The lowest BCUT2D eigenvalue weighted by Gasteiger charge is -2.18. The average molecular weight is 222 g/mol. The first-order valence-electron chi connectivity index (χ1n) is 5.08. The van der Waals surface area contributed by atoms with Crippen molar-refractivity contribution in [2.24, 2.45) is 0 Å². The van der Waals surface area contributed by atoms with Gasteiger partial charge in [-0.15, -0.1) is 0 Å². The quantitative estimate of drug-likeness (QED) is 0.840. The Bertz CT molecular complexity index is 398. The van der Waals surface area contributed by atoms with Crippen molar-refractivity contribution in [1.29, 1.82) is 5.26 Å². The Balaban J connectivity index is 2.76. The molecule has 1 aromatic rings. The molecule has 0 bridgehead atoms. The van der Waals surface area contributed by atoms with E-state index in [1.54, 1.807) is 14.0 Å². The predicted molar refractivity (Wildman–Crippen MR) is 59.1 cm³/mol. The molecule has 86 valence electrons. The molecule has 0 saturated heterocycles. The van der Waals surface area contributed by atoms with Gasteiger partial charge in [-0.3, -0.25) is 4.90 Å². The lowest BCUT2D eigenvalue weighted by molar-refractivity contribution is 0.137. The van der Waals surface area contributed by atoms with Gasteiger partial charge in [0.2, 0.25) is 0 Å². The number of likely N-dealkylation sites (N-methyl/N-ethyl adjacent to an activating group) is 1. The van der Waals surface area contributed by atoms with Gasteiger partial charge >= 0.3 is 0 Å². The van der Waals surface area contributed by atoms with Crippen LogP contribution in [0.15, 0.2) is 18.2 Å². The summed E-state index contributed by atoms with van der Waals surface area (Å²) in [7, 11) is 1.80. The second kappa shape index (κ2) is 5.59. The summed E-state index contributed by atoms with van der Waals surface area (Å²) < 4.78 is 13.4. The van der Waals surface area contributed by atoms with Crippen LogP contribution in [0.25, 0.3) is 0 Å². The second-order valence-corrected chi connectivity index (χ2v) is 3.96. The number of aliphatic hydroxyl groups excluding tert-OH is 1. The molecule has 1 atom stereocenters. The molecule has 0 radical (unpaired) electrons. The number of hydrogen-bond acceptors (Lipinski definition) is 3. The Morgan fingerprint density at radius 2 is 2.25 bits per heavy atom. The van der Waals surface area contributed by atoms with Crippen LogP contribution in [-0.2, 0) is 6.54 Å². The summed E-state index contributed by atoms with van der Waals surface area (Å²) in [6, 6.07) is 6.26. The molecule has 3 nitrogen and oxygen atoms in total. The van der Waals surface area contributed by atoms with Gasteiger partial charge in [-0.1, -0.05) is 0 Å². The highest BCUT2D eigenvalue weighted by Crippen LogP contribution is 2.12. The van der Waals surface area contributed by atoms with Crippen molar-refractivity contribution in [1.82, 2.24) is 4.90 Å². The summed E-state index contributed by atoms with van der Waals surface area (Å²) in [4.78, 5) is 1.81. The third-order valence-corrected chi connectivity index (χ3v) is 2.19. The lowest BCUT2D eigenvalue weighted by atomic mass is 10.1. The molecule has 1 rings (SSSR count). The van der Waals surface area contributed by atoms with E-state index in [0.29, 0.717) is 24.2 Å². The standard InChI is InChI=1S/C12H15FN2O/c1-9(16)7-15(2)8-11-5-10(6-14)3-4-12(11)13/h3-5,9,16H,7-8H2,1-2H3. The van der Waals surface area contributed by atoms with Crippen LogP contribution in [0.2, 0.25) is 0 Å². The molecule has 16 heavy (non-hydrogen) atoms. The minimum atomic E-state index is -0.452. The molecular weight excluding hydrogens is 207 g/mol.